The third kappa shape index (κ3) is 7.86. The minimum atomic E-state index is 0.650. The van der Waals surface area contributed by atoms with E-state index in [1.165, 1.54) is 101 Å². The van der Waals surface area contributed by atoms with Crippen LogP contribution in [0.4, 0.5) is 0 Å². The van der Waals surface area contributed by atoms with Crippen LogP contribution in [0.3, 0.4) is 0 Å². The summed E-state index contributed by atoms with van der Waals surface area (Å²) in [5, 5.41) is 0. The molecule has 1 fully saturated rings. The molecular weight excluding hydrogens is 288 g/mol. The third-order valence-electron chi connectivity index (χ3n) is 5.95. The Morgan fingerprint density at radius 2 is 1.29 bits per heavy atom. The molecule has 136 valence electrons. The van der Waals surface area contributed by atoms with E-state index < -0.39 is 0 Å². The van der Waals surface area contributed by atoms with Crippen LogP contribution in [0.25, 0.3) is 0 Å². The second-order valence-electron chi connectivity index (χ2n) is 8.41. The van der Waals surface area contributed by atoms with Crippen LogP contribution < -0.4 is 0 Å². The molecule has 0 heteroatoms. The molecule has 0 unspecified atom stereocenters. The molecule has 0 aromatic heterocycles. The van der Waals surface area contributed by atoms with Gasteiger partial charge >= 0.3 is 0 Å². The number of hydrogen-bond donors (Lipinski definition) is 0. The summed E-state index contributed by atoms with van der Waals surface area (Å²) in [5.41, 5.74) is 2.98. The number of hydrogen-bond acceptors (Lipinski definition) is 0. The van der Waals surface area contributed by atoms with Crippen molar-refractivity contribution in [3.63, 3.8) is 0 Å². The Kier molecular flexibility index (Phi) is 9.54. The summed E-state index contributed by atoms with van der Waals surface area (Å²) >= 11 is 0. The van der Waals surface area contributed by atoms with Gasteiger partial charge in [0.05, 0.1) is 0 Å². The summed E-state index contributed by atoms with van der Waals surface area (Å²) in [7, 11) is 0. The van der Waals surface area contributed by atoms with Crippen molar-refractivity contribution in [2.45, 2.75) is 110 Å². The normalized spacial score (nSPS) is 15.5. The van der Waals surface area contributed by atoms with Crippen molar-refractivity contribution in [3.05, 3.63) is 35.4 Å². The Balaban J connectivity index is 1.38. The highest BCUT2D eigenvalue weighted by Crippen LogP contribution is 2.29. The van der Waals surface area contributed by atoms with Crippen molar-refractivity contribution in [2.24, 2.45) is 5.92 Å². The van der Waals surface area contributed by atoms with Crippen molar-refractivity contribution in [1.29, 1.82) is 0 Å². The Labute approximate surface area is 151 Å². The van der Waals surface area contributed by atoms with Crippen LogP contribution in [0.2, 0.25) is 0 Å². The van der Waals surface area contributed by atoms with E-state index in [-0.39, 0.29) is 0 Å². The van der Waals surface area contributed by atoms with Gasteiger partial charge in [0.1, 0.15) is 0 Å². The fraction of sp³-hybridized carbons (Fsp3) is 0.750. The fourth-order valence-corrected chi connectivity index (χ4v) is 4.19. The van der Waals surface area contributed by atoms with Gasteiger partial charge in [-0.1, -0.05) is 115 Å². The van der Waals surface area contributed by atoms with Gasteiger partial charge in [-0.2, -0.15) is 0 Å². The number of benzene rings is 1. The summed E-state index contributed by atoms with van der Waals surface area (Å²) < 4.78 is 0. The Morgan fingerprint density at radius 1 is 0.750 bits per heavy atom. The van der Waals surface area contributed by atoms with Gasteiger partial charge in [0.15, 0.2) is 0 Å². The van der Waals surface area contributed by atoms with Crippen LogP contribution in [-0.4, -0.2) is 0 Å². The highest BCUT2D eigenvalue weighted by molar-refractivity contribution is 5.24. The van der Waals surface area contributed by atoms with Crippen LogP contribution in [0, 0.1) is 5.92 Å². The quantitative estimate of drug-likeness (QED) is 0.340. The number of rotatable bonds is 12. The molecule has 1 aromatic carbocycles. The van der Waals surface area contributed by atoms with Gasteiger partial charge in [0.2, 0.25) is 0 Å². The maximum Gasteiger partial charge on any atom is -0.0219 e. The summed E-state index contributed by atoms with van der Waals surface area (Å²) in [6.07, 6.45) is 20.4. The van der Waals surface area contributed by atoms with Crippen molar-refractivity contribution in [1.82, 2.24) is 0 Å². The van der Waals surface area contributed by atoms with Crippen LogP contribution >= 0.6 is 0 Å². The van der Waals surface area contributed by atoms with Gasteiger partial charge in [-0.05, 0) is 35.8 Å². The second-order valence-corrected chi connectivity index (χ2v) is 8.41. The van der Waals surface area contributed by atoms with Gasteiger partial charge in [-0.15, -0.1) is 0 Å². The zero-order chi connectivity index (χ0) is 17.0. The van der Waals surface area contributed by atoms with Crippen LogP contribution in [0.1, 0.15) is 114 Å². The topological polar surface area (TPSA) is 0 Å². The first-order valence-corrected chi connectivity index (χ1v) is 10.8. The lowest BCUT2D eigenvalue weighted by atomic mass is 9.98. The van der Waals surface area contributed by atoms with Crippen molar-refractivity contribution < 1.29 is 0 Å². The van der Waals surface area contributed by atoms with Crippen molar-refractivity contribution in [3.8, 4) is 0 Å². The number of aryl methyl sites for hydroxylation is 1. The molecule has 0 N–H and O–H groups in total. The SMILES string of the molecule is CC(C)c1ccc(CCCCCCCCCCC2CCCC2)cc1. The van der Waals surface area contributed by atoms with E-state index in [2.05, 4.69) is 38.1 Å². The van der Waals surface area contributed by atoms with Crippen LogP contribution in [0.15, 0.2) is 24.3 Å². The predicted octanol–water partition coefficient (Wildman–Crippen LogP) is 8.05. The van der Waals surface area contributed by atoms with E-state index in [1.54, 1.807) is 0 Å². The Morgan fingerprint density at radius 3 is 1.88 bits per heavy atom. The highest BCUT2D eigenvalue weighted by atomic mass is 14.2. The molecule has 1 aliphatic carbocycles. The second kappa shape index (κ2) is 11.7. The van der Waals surface area contributed by atoms with Crippen LogP contribution in [0.5, 0.6) is 0 Å². The van der Waals surface area contributed by atoms with E-state index in [0.717, 1.165) is 5.92 Å². The van der Waals surface area contributed by atoms with E-state index in [1.807, 2.05) is 0 Å². The maximum atomic E-state index is 2.33. The first-order valence-electron chi connectivity index (χ1n) is 10.8. The van der Waals surface area contributed by atoms with Crippen molar-refractivity contribution >= 4 is 0 Å². The van der Waals surface area contributed by atoms with E-state index >= 15 is 0 Å². The smallest absolute Gasteiger partial charge is 0.0219 e. The molecule has 1 saturated carbocycles. The standard InChI is InChI=1S/C24H40/c1-21(2)24-19-17-23(18-20-24)14-10-8-6-4-3-5-7-9-13-22-15-11-12-16-22/h17-22H,3-16H2,1-2H3. The molecule has 1 aromatic rings. The molecular formula is C24H40. The van der Waals surface area contributed by atoms with Gasteiger partial charge in [-0.3, -0.25) is 0 Å². The molecule has 0 nitrogen and oxygen atoms in total. The monoisotopic (exact) mass is 328 g/mol. The largest absolute Gasteiger partial charge is 0.0588 e. The molecule has 0 aliphatic heterocycles. The Hall–Kier alpha value is -0.780. The molecule has 0 heterocycles. The number of unbranched alkanes of at least 4 members (excludes halogenated alkanes) is 7. The lowest BCUT2D eigenvalue weighted by Crippen LogP contribution is -1.92. The maximum absolute atomic E-state index is 2.33. The summed E-state index contributed by atoms with van der Waals surface area (Å²) in [4.78, 5) is 0. The van der Waals surface area contributed by atoms with E-state index in [0.29, 0.717) is 5.92 Å². The summed E-state index contributed by atoms with van der Waals surface area (Å²) in [5.74, 6) is 1.75. The first-order chi connectivity index (χ1) is 11.8. The van der Waals surface area contributed by atoms with Gasteiger partial charge < -0.3 is 0 Å². The molecule has 0 radical (unpaired) electrons. The minimum absolute atomic E-state index is 0.650. The van der Waals surface area contributed by atoms with Gasteiger partial charge in [0.25, 0.3) is 0 Å². The Bertz CT molecular complexity index is 408. The van der Waals surface area contributed by atoms with Crippen molar-refractivity contribution in [2.75, 3.05) is 0 Å². The molecule has 0 amide bonds. The van der Waals surface area contributed by atoms with E-state index in [4.69, 9.17) is 0 Å². The highest BCUT2D eigenvalue weighted by Gasteiger charge is 2.13. The zero-order valence-corrected chi connectivity index (χ0v) is 16.4. The zero-order valence-electron chi connectivity index (χ0n) is 16.4. The molecule has 0 spiro atoms. The first kappa shape index (κ1) is 19.5. The summed E-state index contributed by atoms with van der Waals surface area (Å²) in [6.45, 7) is 4.54. The molecule has 2 rings (SSSR count). The summed E-state index contributed by atoms with van der Waals surface area (Å²) in [6, 6.07) is 9.29. The van der Waals surface area contributed by atoms with Gasteiger partial charge in [0, 0.05) is 0 Å². The predicted molar refractivity (Wildman–Crippen MR) is 108 cm³/mol. The third-order valence-corrected chi connectivity index (χ3v) is 5.95. The lowest BCUT2D eigenvalue weighted by molar-refractivity contribution is 0.460. The molecule has 24 heavy (non-hydrogen) atoms. The average Bonchev–Trinajstić information content (AvgIpc) is 3.10. The van der Waals surface area contributed by atoms with E-state index in [9.17, 15) is 0 Å². The fourth-order valence-electron chi connectivity index (χ4n) is 4.19. The molecule has 1 aliphatic rings. The molecule has 0 saturated heterocycles. The van der Waals surface area contributed by atoms with Gasteiger partial charge in [-0.25, -0.2) is 0 Å². The lowest BCUT2D eigenvalue weighted by Gasteiger charge is -2.08. The van der Waals surface area contributed by atoms with Crippen LogP contribution in [-0.2, 0) is 6.42 Å². The molecule has 0 atom stereocenters. The average molecular weight is 329 g/mol. The minimum Gasteiger partial charge on any atom is -0.0588 e. The molecule has 0 bridgehead atoms.